The molecule has 2 aliphatic rings. The van der Waals surface area contributed by atoms with Crippen LogP contribution in [0.25, 0.3) is 11.2 Å². The molecule has 1 saturated heterocycles. The highest BCUT2D eigenvalue weighted by molar-refractivity contribution is 7.99. The van der Waals surface area contributed by atoms with E-state index in [0.717, 1.165) is 31.8 Å². The Hall–Kier alpha value is -2.28. The van der Waals surface area contributed by atoms with Crippen LogP contribution < -0.4 is 16.4 Å². The van der Waals surface area contributed by atoms with Crippen molar-refractivity contribution >= 4 is 28.7 Å². The van der Waals surface area contributed by atoms with Gasteiger partial charge in [-0.15, -0.1) is 0 Å². The Morgan fingerprint density at radius 2 is 2.03 bits per heavy atom. The van der Waals surface area contributed by atoms with Gasteiger partial charge in [-0.05, 0) is 17.5 Å². The molecule has 0 bridgehead atoms. The van der Waals surface area contributed by atoms with Crippen molar-refractivity contribution < 1.29 is 14.9 Å². The molecule has 10 nitrogen and oxygen atoms in total. The lowest BCUT2D eigenvalue weighted by molar-refractivity contribution is -0.0289. The molecule has 176 valence electrons. The van der Waals surface area contributed by atoms with Crippen molar-refractivity contribution in [1.29, 1.82) is 0 Å². The van der Waals surface area contributed by atoms with Gasteiger partial charge in [-0.2, -0.15) is 11.8 Å². The molecule has 11 heteroatoms. The fraction of sp³-hybridized carbons (Fsp3) is 0.500. The fourth-order valence-corrected chi connectivity index (χ4v) is 5.40. The number of rotatable bonds is 8. The number of nitrogen functional groups attached to an aromatic ring is 1. The molecule has 0 spiro atoms. The first-order chi connectivity index (χ1) is 16.1. The number of nitrogens with zero attached hydrogens (tertiary/aromatic N) is 4. The zero-order valence-corrected chi connectivity index (χ0v) is 19.0. The van der Waals surface area contributed by atoms with E-state index in [1.54, 1.807) is 16.3 Å². The predicted molar refractivity (Wildman–Crippen MR) is 127 cm³/mol. The molecule has 2 aliphatic heterocycles. The van der Waals surface area contributed by atoms with Crippen LogP contribution >= 0.6 is 11.8 Å². The average Bonchev–Trinajstić information content (AvgIpc) is 3.38. The lowest BCUT2D eigenvalue weighted by atomic mass is 9.96. The molecule has 3 aromatic rings. The van der Waals surface area contributed by atoms with Crippen molar-refractivity contribution in [2.24, 2.45) is 0 Å². The number of thioether (sulfide) groups is 1. The van der Waals surface area contributed by atoms with E-state index in [1.807, 2.05) is 0 Å². The Kier molecular flexibility index (Phi) is 6.76. The number of anilines is 1. The first-order valence-electron chi connectivity index (χ1n) is 11.1. The highest BCUT2D eigenvalue weighted by Gasteiger charge is 2.44. The Morgan fingerprint density at radius 1 is 1.18 bits per heavy atom. The van der Waals surface area contributed by atoms with Gasteiger partial charge in [0.15, 0.2) is 17.7 Å². The zero-order chi connectivity index (χ0) is 22.8. The molecule has 0 aliphatic carbocycles. The molecule has 5 atom stereocenters. The minimum atomic E-state index is -1.08. The summed E-state index contributed by atoms with van der Waals surface area (Å²) in [5.74, 6) is 1.72. The lowest BCUT2D eigenvalue weighted by Gasteiger charge is -2.26. The third kappa shape index (κ3) is 4.70. The number of hydrogen-bond acceptors (Lipinski definition) is 10. The number of aromatic nitrogens is 4. The quantitative estimate of drug-likeness (QED) is 0.286. The molecule has 1 aromatic carbocycles. The smallest absolute Gasteiger partial charge is 0.167 e. The minimum Gasteiger partial charge on any atom is -0.387 e. The van der Waals surface area contributed by atoms with Gasteiger partial charge in [0.2, 0.25) is 0 Å². The molecule has 1 fully saturated rings. The summed E-state index contributed by atoms with van der Waals surface area (Å²) in [5.41, 5.74) is 9.57. The van der Waals surface area contributed by atoms with Gasteiger partial charge in [-0.1, -0.05) is 24.3 Å². The molecule has 4 heterocycles. The maximum absolute atomic E-state index is 10.6. The molecule has 5 rings (SSSR count). The number of ether oxygens (including phenoxy) is 1. The maximum atomic E-state index is 10.6. The van der Waals surface area contributed by atoms with Gasteiger partial charge in [0.05, 0.1) is 12.4 Å². The summed E-state index contributed by atoms with van der Waals surface area (Å²) in [7, 11) is 0. The van der Waals surface area contributed by atoms with Crippen LogP contribution in [0.1, 0.15) is 17.4 Å². The van der Waals surface area contributed by atoms with Crippen molar-refractivity contribution in [3.63, 3.8) is 0 Å². The second kappa shape index (κ2) is 9.92. The molecule has 33 heavy (non-hydrogen) atoms. The SMILES string of the molecule is Nc1ncnc2c1ncn2[C@@H]1O[C@H](CSCCNCC2Cc3ccccc3CN2)[C@@H](O)[C@H]1O. The zero-order valence-electron chi connectivity index (χ0n) is 18.2. The van der Waals surface area contributed by atoms with E-state index in [-0.39, 0.29) is 5.82 Å². The van der Waals surface area contributed by atoms with Gasteiger partial charge in [0.1, 0.15) is 24.1 Å². The molecule has 2 aromatic heterocycles. The van der Waals surface area contributed by atoms with Gasteiger partial charge in [-0.3, -0.25) is 4.57 Å². The number of fused-ring (bicyclic) bond motifs is 2. The molecule has 6 N–H and O–H groups in total. The van der Waals surface area contributed by atoms with Crippen LogP contribution in [-0.4, -0.2) is 78.7 Å². The molecule has 1 unspecified atom stereocenters. The van der Waals surface area contributed by atoms with E-state index in [9.17, 15) is 10.2 Å². The van der Waals surface area contributed by atoms with Crippen LogP contribution in [0.3, 0.4) is 0 Å². The molecular formula is C22H29N7O3S. The van der Waals surface area contributed by atoms with Gasteiger partial charge in [0, 0.05) is 37.2 Å². The lowest BCUT2D eigenvalue weighted by Crippen LogP contribution is -2.43. The Labute approximate surface area is 196 Å². The van der Waals surface area contributed by atoms with E-state index in [0.29, 0.717) is 23.0 Å². The summed E-state index contributed by atoms with van der Waals surface area (Å²) in [6, 6.07) is 9.02. The van der Waals surface area contributed by atoms with Crippen molar-refractivity contribution in [2.45, 2.75) is 43.5 Å². The third-order valence-corrected chi connectivity index (χ3v) is 7.32. The van der Waals surface area contributed by atoms with Gasteiger partial charge in [0.25, 0.3) is 0 Å². The standard InChI is InChI=1S/C22H29N7O3S/c23-20-17-21(27-11-26-20)29(12-28-17)22-19(31)18(30)16(32-22)10-33-6-5-24-9-15-7-13-3-1-2-4-14(13)8-25-15/h1-4,11-12,15-16,18-19,22,24-25,30-31H,5-10H2,(H2,23,26,27)/t15?,16-,18-,19-,22-/m1/s1. The van der Waals surface area contributed by atoms with Crippen molar-refractivity contribution in [3.8, 4) is 0 Å². The number of aliphatic hydroxyl groups excluding tert-OH is 2. The molecule has 0 radical (unpaired) electrons. The van der Waals surface area contributed by atoms with E-state index in [4.69, 9.17) is 10.5 Å². The Morgan fingerprint density at radius 3 is 2.91 bits per heavy atom. The van der Waals surface area contributed by atoms with E-state index in [2.05, 4.69) is 49.9 Å². The average molecular weight is 472 g/mol. The number of aliphatic hydroxyl groups is 2. The summed E-state index contributed by atoms with van der Waals surface area (Å²) in [6.45, 7) is 2.70. The number of hydrogen-bond donors (Lipinski definition) is 5. The van der Waals surface area contributed by atoms with Crippen LogP contribution in [0.15, 0.2) is 36.9 Å². The summed E-state index contributed by atoms with van der Waals surface area (Å²) >= 11 is 1.69. The van der Waals surface area contributed by atoms with Crippen molar-refractivity contribution in [1.82, 2.24) is 30.2 Å². The number of nitrogens with one attached hydrogen (secondary N) is 2. The highest BCUT2D eigenvalue weighted by Crippen LogP contribution is 2.33. The van der Waals surface area contributed by atoms with Crippen molar-refractivity contribution in [2.75, 3.05) is 30.3 Å². The maximum Gasteiger partial charge on any atom is 0.167 e. The van der Waals surface area contributed by atoms with Crippen molar-refractivity contribution in [3.05, 3.63) is 48.0 Å². The van der Waals surface area contributed by atoms with Crippen LogP contribution in [0, 0.1) is 0 Å². The van der Waals surface area contributed by atoms with Crippen LogP contribution in [-0.2, 0) is 17.7 Å². The van der Waals surface area contributed by atoms with Crippen LogP contribution in [0.2, 0.25) is 0 Å². The number of nitrogens with two attached hydrogens (primary N) is 1. The summed E-state index contributed by atoms with van der Waals surface area (Å²) in [4.78, 5) is 12.3. The third-order valence-electron chi connectivity index (χ3n) is 6.26. The number of benzene rings is 1. The molecule has 0 saturated carbocycles. The summed E-state index contributed by atoms with van der Waals surface area (Å²) < 4.78 is 7.58. The van der Waals surface area contributed by atoms with Gasteiger partial charge >= 0.3 is 0 Å². The Balaban J connectivity index is 1.06. The summed E-state index contributed by atoms with van der Waals surface area (Å²) in [6.07, 6.45) is 0.563. The van der Waals surface area contributed by atoms with Gasteiger partial charge in [-0.25, -0.2) is 15.0 Å². The minimum absolute atomic E-state index is 0.263. The van der Waals surface area contributed by atoms with E-state index < -0.39 is 24.5 Å². The largest absolute Gasteiger partial charge is 0.387 e. The molecular weight excluding hydrogens is 442 g/mol. The first-order valence-corrected chi connectivity index (χ1v) is 12.3. The fourth-order valence-electron chi connectivity index (χ4n) is 4.44. The normalized spacial score (nSPS) is 27.2. The van der Waals surface area contributed by atoms with Gasteiger partial charge < -0.3 is 31.3 Å². The topological polar surface area (TPSA) is 143 Å². The van der Waals surface area contributed by atoms with Crippen LogP contribution in [0.4, 0.5) is 5.82 Å². The summed E-state index contributed by atoms with van der Waals surface area (Å²) in [5, 5.41) is 28.2. The highest BCUT2D eigenvalue weighted by atomic mass is 32.2. The first kappa shape index (κ1) is 22.5. The monoisotopic (exact) mass is 471 g/mol. The second-order valence-corrected chi connectivity index (χ2v) is 9.61. The number of imidazole rings is 1. The Bertz CT molecular complexity index is 1100. The van der Waals surface area contributed by atoms with Crippen LogP contribution in [0.5, 0.6) is 0 Å². The second-order valence-electron chi connectivity index (χ2n) is 8.46. The van der Waals surface area contributed by atoms with E-state index >= 15 is 0 Å². The predicted octanol–water partition coefficient (Wildman–Crippen LogP) is 0.0650. The van der Waals surface area contributed by atoms with E-state index in [1.165, 1.54) is 23.8 Å². The molecule has 0 amide bonds.